The standard InChI is InChI=1S/C13H16N4/c1-2-17-12-6-4-3-5-11(12)15-13(17)16-9-7-14-8-10-16/h2-6,14H,1,7-10H2. The van der Waals surface area contributed by atoms with E-state index >= 15 is 0 Å². The van der Waals surface area contributed by atoms with E-state index in [4.69, 9.17) is 4.98 Å². The lowest BCUT2D eigenvalue weighted by Gasteiger charge is -2.28. The molecule has 1 fully saturated rings. The summed E-state index contributed by atoms with van der Waals surface area (Å²) in [5.74, 6) is 1.00. The molecule has 0 unspecified atom stereocenters. The van der Waals surface area contributed by atoms with Crippen LogP contribution >= 0.6 is 0 Å². The Morgan fingerprint density at radius 1 is 1.24 bits per heavy atom. The summed E-state index contributed by atoms with van der Waals surface area (Å²) < 4.78 is 2.07. The van der Waals surface area contributed by atoms with E-state index in [-0.39, 0.29) is 0 Å². The van der Waals surface area contributed by atoms with Gasteiger partial charge in [-0.05, 0) is 12.1 Å². The van der Waals surface area contributed by atoms with Gasteiger partial charge >= 0.3 is 0 Å². The highest BCUT2D eigenvalue weighted by molar-refractivity contribution is 5.81. The Hall–Kier alpha value is -1.81. The van der Waals surface area contributed by atoms with Gasteiger partial charge in [0, 0.05) is 32.4 Å². The van der Waals surface area contributed by atoms with Crippen molar-refractivity contribution in [2.24, 2.45) is 0 Å². The van der Waals surface area contributed by atoms with Crippen LogP contribution in [-0.2, 0) is 0 Å². The maximum Gasteiger partial charge on any atom is 0.210 e. The van der Waals surface area contributed by atoms with E-state index in [2.05, 4.69) is 27.4 Å². The van der Waals surface area contributed by atoms with E-state index in [0.717, 1.165) is 43.2 Å². The van der Waals surface area contributed by atoms with Gasteiger partial charge in [0.15, 0.2) is 0 Å². The van der Waals surface area contributed by atoms with E-state index in [1.165, 1.54) is 0 Å². The Morgan fingerprint density at radius 2 is 2.00 bits per heavy atom. The summed E-state index contributed by atoms with van der Waals surface area (Å²) in [7, 11) is 0. The Morgan fingerprint density at radius 3 is 2.76 bits per heavy atom. The highest BCUT2D eigenvalue weighted by Crippen LogP contribution is 2.22. The first-order valence-electron chi connectivity index (χ1n) is 5.95. The van der Waals surface area contributed by atoms with Crippen LogP contribution in [0.25, 0.3) is 17.2 Å². The summed E-state index contributed by atoms with van der Waals surface area (Å²) >= 11 is 0. The molecule has 17 heavy (non-hydrogen) atoms. The molecule has 0 amide bonds. The molecule has 1 saturated heterocycles. The van der Waals surface area contributed by atoms with Crippen molar-refractivity contribution in [3.05, 3.63) is 30.8 Å². The number of piperazine rings is 1. The molecule has 3 rings (SSSR count). The average Bonchev–Trinajstić information content (AvgIpc) is 2.78. The lowest BCUT2D eigenvalue weighted by Crippen LogP contribution is -2.44. The number of fused-ring (bicyclic) bond motifs is 1. The van der Waals surface area contributed by atoms with Crippen molar-refractivity contribution < 1.29 is 0 Å². The van der Waals surface area contributed by atoms with Gasteiger partial charge in [0.25, 0.3) is 0 Å². The molecule has 0 radical (unpaired) electrons. The van der Waals surface area contributed by atoms with E-state index in [9.17, 15) is 0 Å². The highest BCUT2D eigenvalue weighted by atomic mass is 15.3. The number of hydrogen-bond donors (Lipinski definition) is 1. The number of benzene rings is 1. The molecule has 1 aliphatic heterocycles. The van der Waals surface area contributed by atoms with Gasteiger partial charge in [-0.25, -0.2) is 4.98 Å². The number of nitrogens with one attached hydrogen (secondary N) is 1. The zero-order valence-electron chi connectivity index (χ0n) is 9.76. The molecule has 2 aromatic rings. The molecular formula is C13H16N4. The quantitative estimate of drug-likeness (QED) is 0.846. The normalized spacial score (nSPS) is 16.4. The van der Waals surface area contributed by atoms with Crippen molar-refractivity contribution in [2.75, 3.05) is 31.1 Å². The second-order valence-corrected chi connectivity index (χ2v) is 4.19. The third-order valence-electron chi connectivity index (χ3n) is 3.16. The molecule has 1 aromatic carbocycles. The number of hydrogen-bond acceptors (Lipinski definition) is 3. The molecule has 1 aliphatic rings. The fraction of sp³-hybridized carbons (Fsp3) is 0.308. The molecule has 0 spiro atoms. The first-order chi connectivity index (χ1) is 8.40. The zero-order chi connectivity index (χ0) is 11.7. The van der Waals surface area contributed by atoms with Gasteiger partial charge in [0.1, 0.15) is 0 Å². The van der Waals surface area contributed by atoms with E-state index < -0.39 is 0 Å². The molecule has 4 nitrogen and oxygen atoms in total. The van der Waals surface area contributed by atoms with Crippen LogP contribution in [0.3, 0.4) is 0 Å². The number of aromatic nitrogens is 2. The van der Waals surface area contributed by atoms with Crippen molar-refractivity contribution in [1.29, 1.82) is 0 Å². The first-order valence-corrected chi connectivity index (χ1v) is 5.95. The molecule has 4 heteroatoms. The maximum absolute atomic E-state index is 4.70. The van der Waals surface area contributed by atoms with Gasteiger partial charge in [-0.2, -0.15) is 0 Å². The summed E-state index contributed by atoms with van der Waals surface area (Å²) in [5.41, 5.74) is 2.15. The number of para-hydroxylation sites is 2. The first kappa shape index (κ1) is 10.4. The van der Waals surface area contributed by atoms with Gasteiger partial charge < -0.3 is 10.2 Å². The number of nitrogens with zero attached hydrogens (tertiary/aromatic N) is 3. The molecule has 1 N–H and O–H groups in total. The smallest absolute Gasteiger partial charge is 0.210 e. The van der Waals surface area contributed by atoms with Crippen molar-refractivity contribution in [2.45, 2.75) is 0 Å². The monoisotopic (exact) mass is 228 g/mol. The third kappa shape index (κ3) is 1.70. The Balaban J connectivity index is 2.11. The van der Waals surface area contributed by atoms with Gasteiger partial charge in [-0.1, -0.05) is 18.7 Å². The Kier molecular flexibility index (Phi) is 2.57. The third-order valence-corrected chi connectivity index (χ3v) is 3.16. The summed E-state index contributed by atoms with van der Waals surface area (Å²) in [5, 5.41) is 3.35. The maximum atomic E-state index is 4.70. The van der Waals surface area contributed by atoms with Crippen LogP contribution in [0.4, 0.5) is 5.95 Å². The summed E-state index contributed by atoms with van der Waals surface area (Å²) in [6.45, 7) is 7.91. The Labute approximate surface area is 101 Å². The molecule has 2 heterocycles. The van der Waals surface area contributed by atoms with E-state index in [1.807, 2.05) is 24.4 Å². The van der Waals surface area contributed by atoms with Crippen LogP contribution < -0.4 is 10.2 Å². The SMILES string of the molecule is C=Cn1c(N2CCNCC2)nc2ccccc21. The predicted molar refractivity (Wildman–Crippen MR) is 71.2 cm³/mol. The fourth-order valence-corrected chi connectivity index (χ4v) is 2.30. The van der Waals surface area contributed by atoms with Gasteiger partial charge in [-0.3, -0.25) is 4.57 Å². The lowest BCUT2D eigenvalue weighted by molar-refractivity contribution is 0.579. The highest BCUT2D eigenvalue weighted by Gasteiger charge is 2.17. The second-order valence-electron chi connectivity index (χ2n) is 4.19. The van der Waals surface area contributed by atoms with E-state index in [0.29, 0.717) is 0 Å². The van der Waals surface area contributed by atoms with Crippen molar-refractivity contribution in [1.82, 2.24) is 14.9 Å². The number of imidazole rings is 1. The topological polar surface area (TPSA) is 33.1 Å². The van der Waals surface area contributed by atoms with Crippen LogP contribution in [0.15, 0.2) is 30.8 Å². The Bertz CT molecular complexity index is 537. The number of rotatable bonds is 2. The van der Waals surface area contributed by atoms with E-state index in [1.54, 1.807) is 0 Å². The second kappa shape index (κ2) is 4.22. The van der Waals surface area contributed by atoms with Gasteiger partial charge in [0.2, 0.25) is 5.95 Å². The predicted octanol–water partition coefficient (Wildman–Crippen LogP) is 1.55. The lowest BCUT2D eigenvalue weighted by atomic mass is 10.3. The minimum atomic E-state index is 0.997. The number of anilines is 1. The largest absolute Gasteiger partial charge is 0.339 e. The van der Waals surface area contributed by atoms with Crippen LogP contribution in [0.5, 0.6) is 0 Å². The van der Waals surface area contributed by atoms with Crippen LogP contribution in [0.1, 0.15) is 0 Å². The molecule has 1 aromatic heterocycles. The fourth-order valence-electron chi connectivity index (χ4n) is 2.30. The average molecular weight is 228 g/mol. The minimum absolute atomic E-state index is 0.997. The van der Waals surface area contributed by atoms with Gasteiger partial charge in [0.05, 0.1) is 11.0 Å². The summed E-state index contributed by atoms with van der Waals surface area (Å²) in [6.07, 6.45) is 1.84. The molecular weight excluding hydrogens is 212 g/mol. The minimum Gasteiger partial charge on any atom is -0.339 e. The molecule has 0 saturated carbocycles. The van der Waals surface area contributed by atoms with Crippen molar-refractivity contribution in [3.8, 4) is 0 Å². The van der Waals surface area contributed by atoms with Crippen molar-refractivity contribution in [3.63, 3.8) is 0 Å². The zero-order valence-corrected chi connectivity index (χ0v) is 9.76. The summed E-state index contributed by atoms with van der Waals surface area (Å²) in [4.78, 5) is 7.00. The van der Waals surface area contributed by atoms with Gasteiger partial charge in [-0.15, -0.1) is 0 Å². The van der Waals surface area contributed by atoms with Crippen LogP contribution in [-0.4, -0.2) is 35.7 Å². The van der Waals surface area contributed by atoms with Crippen LogP contribution in [0, 0.1) is 0 Å². The summed E-state index contributed by atoms with van der Waals surface area (Å²) in [6, 6.07) is 8.17. The molecule has 0 atom stereocenters. The molecule has 88 valence electrons. The molecule has 0 bridgehead atoms. The molecule has 0 aliphatic carbocycles. The van der Waals surface area contributed by atoms with Crippen molar-refractivity contribution >= 4 is 23.2 Å². The van der Waals surface area contributed by atoms with Crippen LogP contribution in [0.2, 0.25) is 0 Å².